The number of primary amides is 1. The highest BCUT2D eigenvalue weighted by Gasteiger charge is 2.28. The number of imidazole rings is 1. The minimum absolute atomic E-state index is 0.123. The molecule has 0 radical (unpaired) electrons. The molecule has 5 rings (SSSR count). The first-order chi connectivity index (χ1) is 14.6. The van der Waals surface area contributed by atoms with Crippen LogP contribution in [-0.2, 0) is 4.79 Å². The van der Waals surface area contributed by atoms with Gasteiger partial charge in [0.15, 0.2) is 0 Å². The van der Waals surface area contributed by atoms with Gasteiger partial charge in [-0.2, -0.15) is 0 Å². The number of nitrogens with zero attached hydrogens (tertiary/aromatic N) is 4. The van der Waals surface area contributed by atoms with Gasteiger partial charge in [-0.05, 0) is 37.5 Å². The van der Waals surface area contributed by atoms with E-state index in [0.29, 0.717) is 31.6 Å². The predicted molar refractivity (Wildman–Crippen MR) is 110 cm³/mol. The molecule has 0 atom stereocenters. The van der Waals surface area contributed by atoms with Crippen molar-refractivity contribution in [3.63, 3.8) is 0 Å². The molecule has 2 fully saturated rings. The van der Waals surface area contributed by atoms with Crippen molar-refractivity contribution < 1.29 is 14.3 Å². The Morgan fingerprint density at radius 3 is 2.80 bits per heavy atom. The van der Waals surface area contributed by atoms with Gasteiger partial charge in [0.05, 0.1) is 24.0 Å². The number of nitrogens with one attached hydrogen (secondary N) is 2. The van der Waals surface area contributed by atoms with Crippen molar-refractivity contribution in [3.05, 3.63) is 42.5 Å². The van der Waals surface area contributed by atoms with Gasteiger partial charge in [0, 0.05) is 19.3 Å². The second-order valence-electron chi connectivity index (χ2n) is 7.22. The number of ether oxygens (including phenoxy) is 1. The zero-order valence-corrected chi connectivity index (χ0v) is 16.3. The monoisotopic (exact) mass is 409 g/mol. The third-order valence-electron chi connectivity index (χ3n) is 5.12. The Labute approximate surface area is 172 Å². The number of rotatable bonds is 6. The molecule has 10 nitrogen and oxygen atoms in total. The summed E-state index contributed by atoms with van der Waals surface area (Å²) in [6, 6.07) is 7.58. The molecule has 2 aromatic heterocycles. The molecule has 0 bridgehead atoms. The Hall–Kier alpha value is -3.69. The molecule has 3 heterocycles. The summed E-state index contributed by atoms with van der Waals surface area (Å²) < 4.78 is 5.84. The molecule has 1 aromatic carbocycles. The van der Waals surface area contributed by atoms with E-state index in [2.05, 4.69) is 25.3 Å². The maximum Gasteiger partial charge on any atom is 0.267 e. The molecule has 1 aliphatic carbocycles. The second-order valence-corrected chi connectivity index (χ2v) is 7.22. The molecule has 30 heavy (non-hydrogen) atoms. The Bertz CT molecular complexity index is 1030. The van der Waals surface area contributed by atoms with E-state index in [4.69, 9.17) is 10.5 Å². The summed E-state index contributed by atoms with van der Waals surface area (Å²) in [4.78, 5) is 38.3. The number of anilines is 1. The van der Waals surface area contributed by atoms with E-state index in [9.17, 15) is 9.59 Å². The van der Waals surface area contributed by atoms with Crippen molar-refractivity contribution in [2.75, 3.05) is 18.0 Å². The van der Waals surface area contributed by atoms with Crippen LogP contribution in [0.15, 0.2) is 36.8 Å². The lowest BCUT2D eigenvalue weighted by Crippen LogP contribution is -2.58. The topological polar surface area (TPSA) is 139 Å². The molecule has 10 heteroatoms. The summed E-state index contributed by atoms with van der Waals surface area (Å²) in [5, 5.41) is 2.65. The van der Waals surface area contributed by atoms with E-state index >= 15 is 0 Å². The van der Waals surface area contributed by atoms with Crippen LogP contribution in [0.1, 0.15) is 29.8 Å². The Kier molecular flexibility index (Phi) is 5.73. The molecule has 0 unspecified atom stereocenters. The van der Waals surface area contributed by atoms with Crippen LogP contribution in [0.25, 0.3) is 11.0 Å². The molecule has 2 amide bonds. The highest BCUT2D eigenvalue weighted by molar-refractivity contribution is 5.90. The fourth-order valence-corrected chi connectivity index (χ4v) is 3.18. The number of hydrogen-bond acceptors (Lipinski definition) is 7. The van der Waals surface area contributed by atoms with E-state index in [0.717, 1.165) is 16.8 Å². The summed E-state index contributed by atoms with van der Waals surface area (Å²) >= 11 is 0. The first kappa shape index (κ1) is 19.6. The van der Waals surface area contributed by atoms with Crippen molar-refractivity contribution >= 4 is 29.3 Å². The lowest BCUT2D eigenvalue weighted by atomic mass is 9.96. The molecule has 1 aliphatic heterocycles. The zero-order chi connectivity index (χ0) is 20.9. The van der Waals surface area contributed by atoms with Gasteiger partial charge in [-0.25, -0.2) is 15.0 Å². The highest BCUT2D eigenvalue weighted by atomic mass is 16.5. The molecular weight excluding hydrogens is 386 g/mol. The van der Waals surface area contributed by atoms with Crippen molar-refractivity contribution in [2.45, 2.75) is 31.4 Å². The Morgan fingerprint density at radius 2 is 2.10 bits per heavy atom. The number of benzene rings is 1. The van der Waals surface area contributed by atoms with Crippen LogP contribution >= 0.6 is 0 Å². The van der Waals surface area contributed by atoms with E-state index in [1.807, 2.05) is 23.1 Å². The van der Waals surface area contributed by atoms with Crippen LogP contribution in [-0.4, -0.2) is 57.5 Å². The molecule has 4 N–H and O–H groups in total. The quantitative estimate of drug-likeness (QED) is 0.516. The largest absolute Gasteiger partial charge is 0.488 e. The van der Waals surface area contributed by atoms with Gasteiger partial charge in [0.2, 0.25) is 12.4 Å². The number of para-hydroxylation sites is 1. The fourth-order valence-electron chi connectivity index (χ4n) is 3.18. The van der Waals surface area contributed by atoms with Crippen LogP contribution in [0.5, 0.6) is 5.75 Å². The van der Waals surface area contributed by atoms with Crippen molar-refractivity contribution in [1.29, 1.82) is 0 Å². The van der Waals surface area contributed by atoms with E-state index in [1.165, 1.54) is 31.5 Å². The summed E-state index contributed by atoms with van der Waals surface area (Å²) in [5.74, 6) is 0.792. The maximum absolute atomic E-state index is 10.9. The number of aromatic amines is 1. The van der Waals surface area contributed by atoms with Gasteiger partial charge < -0.3 is 25.7 Å². The maximum atomic E-state index is 10.9. The molecule has 3 aromatic rings. The van der Waals surface area contributed by atoms with Gasteiger partial charge in [-0.15, -0.1) is 0 Å². The summed E-state index contributed by atoms with van der Waals surface area (Å²) in [7, 11) is 0. The number of amides is 2. The number of aromatic nitrogens is 4. The normalized spacial score (nSPS) is 16.1. The van der Waals surface area contributed by atoms with Crippen LogP contribution in [0.4, 0.5) is 5.95 Å². The molecule has 156 valence electrons. The molecule has 1 saturated heterocycles. The summed E-state index contributed by atoms with van der Waals surface area (Å²) in [6.45, 7) is 1.28. The van der Waals surface area contributed by atoms with E-state index in [1.54, 1.807) is 6.33 Å². The highest BCUT2D eigenvalue weighted by Crippen LogP contribution is 2.29. The van der Waals surface area contributed by atoms with Crippen molar-refractivity contribution in [3.8, 4) is 5.75 Å². The smallest absolute Gasteiger partial charge is 0.267 e. The minimum atomic E-state index is -0.577. The fraction of sp³-hybridized carbons (Fsp3) is 0.350. The second kappa shape index (κ2) is 8.76. The van der Waals surface area contributed by atoms with Crippen LogP contribution in [0.3, 0.4) is 0 Å². The van der Waals surface area contributed by atoms with E-state index < -0.39 is 5.91 Å². The average molecular weight is 409 g/mol. The predicted octanol–water partition coefficient (Wildman–Crippen LogP) is 1.00. The Balaban J connectivity index is 0.000000146. The van der Waals surface area contributed by atoms with Crippen molar-refractivity contribution in [2.24, 2.45) is 5.73 Å². The molecule has 0 spiro atoms. The van der Waals surface area contributed by atoms with Gasteiger partial charge in [-0.1, -0.05) is 6.07 Å². The average Bonchev–Trinajstić information content (AvgIpc) is 3.17. The van der Waals surface area contributed by atoms with Gasteiger partial charge >= 0.3 is 0 Å². The standard InChI is InChI=1S/C11H12N2O.C9H11N5O2/c1-3-8(4-1)14-10-6-2-5-9-11(10)13-7-12-9;10-8(16)7-1-2-11-9(13-7)14-3-6(4-14)12-5-15/h2,5-8H,1,3-4H2,(H,12,13);1-2,5-6H,3-4H2,(H2,10,16)(H,12,15). The summed E-state index contributed by atoms with van der Waals surface area (Å²) in [6.07, 6.45) is 7.93. The third-order valence-corrected chi connectivity index (χ3v) is 5.12. The van der Waals surface area contributed by atoms with Crippen LogP contribution in [0, 0.1) is 0 Å². The number of carbonyl (C=O) groups is 2. The lowest BCUT2D eigenvalue weighted by molar-refractivity contribution is -0.110. The minimum Gasteiger partial charge on any atom is -0.488 e. The summed E-state index contributed by atoms with van der Waals surface area (Å²) in [5.41, 5.74) is 7.29. The Morgan fingerprint density at radius 1 is 1.27 bits per heavy atom. The van der Waals surface area contributed by atoms with Crippen LogP contribution in [0.2, 0.25) is 0 Å². The SMILES string of the molecule is NC(=O)c1ccnc(N2CC(NC=O)C2)n1.c1cc(OC2CCC2)c2nc[nH]c2c1. The van der Waals surface area contributed by atoms with Crippen molar-refractivity contribution in [1.82, 2.24) is 25.3 Å². The number of hydrogen-bond donors (Lipinski definition) is 3. The third kappa shape index (κ3) is 4.32. The van der Waals surface area contributed by atoms with E-state index in [-0.39, 0.29) is 11.7 Å². The van der Waals surface area contributed by atoms with Crippen LogP contribution < -0.4 is 20.7 Å². The molecule has 1 saturated carbocycles. The molecule has 2 aliphatic rings. The van der Waals surface area contributed by atoms with Gasteiger partial charge in [0.25, 0.3) is 5.91 Å². The van der Waals surface area contributed by atoms with Gasteiger partial charge in [0.1, 0.15) is 17.0 Å². The first-order valence-electron chi connectivity index (χ1n) is 9.80. The molecular formula is C20H23N7O3. The number of carbonyl (C=O) groups excluding carboxylic acids is 2. The van der Waals surface area contributed by atoms with Gasteiger partial charge in [-0.3, -0.25) is 9.59 Å². The number of H-pyrrole nitrogens is 1. The lowest BCUT2D eigenvalue weighted by Gasteiger charge is -2.38. The first-order valence-corrected chi connectivity index (χ1v) is 9.80. The number of fused-ring (bicyclic) bond motifs is 1. The number of nitrogens with two attached hydrogens (primary N) is 1. The zero-order valence-electron chi connectivity index (χ0n) is 16.3.